The number of carbonyl (C=O) groups excluding carboxylic acids is 2. The molecule has 2 rings (SSSR count). The largest absolute Gasteiger partial charge is 0.365 e. The van der Waals surface area contributed by atoms with Gasteiger partial charge in [-0.2, -0.15) is 0 Å². The van der Waals surface area contributed by atoms with Crippen LogP contribution >= 0.6 is 11.3 Å². The first kappa shape index (κ1) is 12.1. The number of nitrogens with two attached hydrogens (primary N) is 1. The van der Waals surface area contributed by atoms with Crippen LogP contribution in [0.25, 0.3) is 0 Å². The van der Waals surface area contributed by atoms with Gasteiger partial charge in [0.25, 0.3) is 11.8 Å². The van der Waals surface area contributed by atoms with Crippen molar-refractivity contribution >= 4 is 23.2 Å². The first-order valence-corrected chi connectivity index (χ1v) is 6.50. The smallest absolute Gasteiger partial charge is 0.259 e. The fraction of sp³-hybridized carbons (Fsp3) is 0.500. The zero-order valence-corrected chi connectivity index (χ0v) is 10.9. The van der Waals surface area contributed by atoms with Gasteiger partial charge in [0.2, 0.25) is 0 Å². The normalized spacial score (nSPS) is 14.2. The molecule has 1 aliphatic carbocycles. The van der Waals surface area contributed by atoms with E-state index in [4.69, 9.17) is 5.73 Å². The van der Waals surface area contributed by atoms with E-state index >= 15 is 0 Å². The van der Waals surface area contributed by atoms with Crippen LogP contribution in [-0.2, 0) is 12.8 Å². The number of amides is 2. The standard InChI is InChI=1S/C12H16N2O2S/c1-14(2)12(16)9-7-5-3-4-6-8(7)17-10(9)11(13)15/h3-6H2,1-2H3,(H2,13,15). The van der Waals surface area contributed by atoms with Crippen molar-refractivity contribution in [2.24, 2.45) is 5.73 Å². The molecular weight excluding hydrogens is 236 g/mol. The van der Waals surface area contributed by atoms with E-state index in [0.717, 1.165) is 36.1 Å². The van der Waals surface area contributed by atoms with E-state index in [1.165, 1.54) is 16.2 Å². The van der Waals surface area contributed by atoms with Crippen LogP contribution in [0.4, 0.5) is 0 Å². The predicted molar refractivity (Wildman–Crippen MR) is 67.5 cm³/mol. The summed E-state index contributed by atoms with van der Waals surface area (Å²) in [5.41, 5.74) is 6.96. The van der Waals surface area contributed by atoms with Crippen molar-refractivity contribution in [3.8, 4) is 0 Å². The summed E-state index contributed by atoms with van der Waals surface area (Å²) in [5.74, 6) is -0.604. The van der Waals surface area contributed by atoms with E-state index in [1.807, 2.05) is 0 Å². The molecule has 1 aromatic rings. The molecule has 0 saturated heterocycles. The monoisotopic (exact) mass is 252 g/mol. The van der Waals surface area contributed by atoms with Gasteiger partial charge in [-0.05, 0) is 31.2 Å². The van der Waals surface area contributed by atoms with Crippen LogP contribution in [0.5, 0.6) is 0 Å². The molecule has 5 heteroatoms. The molecule has 2 amide bonds. The molecule has 2 N–H and O–H groups in total. The molecule has 4 nitrogen and oxygen atoms in total. The fourth-order valence-electron chi connectivity index (χ4n) is 2.19. The molecule has 0 saturated carbocycles. The lowest BCUT2D eigenvalue weighted by Crippen LogP contribution is -2.25. The summed E-state index contributed by atoms with van der Waals surface area (Å²) in [4.78, 5) is 26.6. The molecule has 17 heavy (non-hydrogen) atoms. The van der Waals surface area contributed by atoms with Crippen molar-refractivity contribution in [2.45, 2.75) is 25.7 Å². The second-order valence-corrected chi connectivity index (χ2v) is 5.58. The van der Waals surface area contributed by atoms with E-state index in [1.54, 1.807) is 14.1 Å². The highest BCUT2D eigenvalue weighted by molar-refractivity contribution is 7.14. The van der Waals surface area contributed by atoms with Crippen LogP contribution in [0.15, 0.2) is 0 Å². The van der Waals surface area contributed by atoms with Gasteiger partial charge in [-0.25, -0.2) is 0 Å². The first-order valence-electron chi connectivity index (χ1n) is 5.68. The number of thiophene rings is 1. The zero-order chi connectivity index (χ0) is 12.6. The summed E-state index contributed by atoms with van der Waals surface area (Å²) in [6, 6.07) is 0. The number of carbonyl (C=O) groups is 2. The van der Waals surface area contributed by atoms with Gasteiger partial charge in [0.1, 0.15) is 4.88 Å². The SMILES string of the molecule is CN(C)C(=O)c1c(C(N)=O)sc2c1CCCC2. The molecule has 0 aromatic carbocycles. The molecule has 1 aliphatic rings. The lowest BCUT2D eigenvalue weighted by atomic mass is 9.94. The Morgan fingerprint density at radius 1 is 1.24 bits per heavy atom. The molecule has 0 aliphatic heterocycles. The lowest BCUT2D eigenvalue weighted by molar-refractivity contribution is 0.0820. The highest BCUT2D eigenvalue weighted by Gasteiger charge is 2.28. The summed E-state index contributed by atoms with van der Waals surface area (Å²) >= 11 is 1.39. The van der Waals surface area contributed by atoms with Crippen LogP contribution < -0.4 is 5.73 Å². The minimum atomic E-state index is -0.491. The van der Waals surface area contributed by atoms with Gasteiger partial charge in [-0.3, -0.25) is 9.59 Å². The quantitative estimate of drug-likeness (QED) is 0.865. The van der Waals surface area contributed by atoms with Crippen molar-refractivity contribution in [2.75, 3.05) is 14.1 Å². The molecular formula is C12H16N2O2S. The Labute approximate surface area is 104 Å². The zero-order valence-electron chi connectivity index (χ0n) is 10.1. The maximum absolute atomic E-state index is 12.1. The fourth-order valence-corrected chi connectivity index (χ4v) is 3.42. The molecule has 92 valence electrons. The van der Waals surface area contributed by atoms with E-state index in [2.05, 4.69) is 0 Å². The van der Waals surface area contributed by atoms with Crippen LogP contribution in [0, 0.1) is 0 Å². The molecule has 0 bridgehead atoms. The third kappa shape index (κ3) is 2.07. The van der Waals surface area contributed by atoms with Gasteiger partial charge in [0, 0.05) is 19.0 Å². The average Bonchev–Trinajstić information content (AvgIpc) is 2.67. The highest BCUT2D eigenvalue weighted by Crippen LogP contribution is 2.34. The molecule has 0 spiro atoms. The summed E-state index contributed by atoms with van der Waals surface area (Å²) in [6.45, 7) is 0. The molecule has 1 aromatic heterocycles. The van der Waals surface area contributed by atoms with Crippen LogP contribution in [-0.4, -0.2) is 30.8 Å². The highest BCUT2D eigenvalue weighted by atomic mass is 32.1. The number of hydrogen-bond donors (Lipinski definition) is 1. The first-order chi connectivity index (χ1) is 8.02. The summed E-state index contributed by atoms with van der Waals surface area (Å²) in [6.07, 6.45) is 4.05. The lowest BCUT2D eigenvalue weighted by Gasteiger charge is -2.15. The number of fused-ring (bicyclic) bond motifs is 1. The van der Waals surface area contributed by atoms with Crippen molar-refractivity contribution < 1.29 is 9.59 Å². The van der Waals surface area contributed by atoms with Gasteiger partial charge in [0.05, 0.1) is 5.56 Å². The summed E-state index contributed by atoms with van der Waals surface area (Å²) in [7, 11) is 3.39. The Bertz CT molecular complexity index is 477. The van der Waals surface area contributed by atoms with Crippen LogP contribution in [0.1, 0.15) is 43.3 Å². The van der Waals surface area contributed by atoms with E-state index in [0.29, 0.717) is 10.4 Å². The summed E-state index contributed by atoms with van der Waals surface area (Å²) < 4.78 is 0. The molecule has 0 atom stereocenters. The Hall–Kier alpha value is -1.36. The number of primary amides is 1. The Kier molecular flexibility index (Phi) is 3.19. The minimum absolute atomic E-state index is 0.113. The topological polar surface area (TPSA) is 63.4 Å². The Morgan fingerprint density at radius 3 is 2.47 bits per heavy atom. The average molecular weight is 252 g/mol. The number of nitrogens with zero attached hydrogens (tertiary/aromatic N) is 1. The van der Waals surface area contributed by atoms with E-state index < -0.39 is 5.91 Å². The Morgan fingerprint density at radius 2 is 1.88 bits per heavy atom. The second kappa shape index (κ2) is 4.49. The van der Waals surface area contributed by atoms with Crippen molar-refractivity contribution in [3.05, 3.63) is 20.9 Å². The van der Waals surface area contributed by atoms with Crippen molar-refractivity contribution in [1.29, 1.82) is 0 Å². The maximum Gasteiger partial charge on any atom is 0.259 e. The predicted octanol–water partition coefficient (Wildman–Crippen LogP) is 1.43. The molecule has 1 heterocycles. The van der Waals surface area contributed by atoms with E-state index in [-0.39, 0.29) is 5.91 Å². The summed E-state index contributed by atoms with van der Waals surface area (Å²) in [5, 5.41) is 0. The van der Waals surface area contributed by atoms with Gasteiger partial charge in [-0.15, -0.1) is 11.3 Å². The number of rotatable bonds is 2. The number of aryl methyl sites for hydroxylation is 1. The van der Waals surface area contributed by atoms with E-state index in [9.17, 15) is 9.59 Å². The molecule has 0 unspecified atom stereocenters. The van der Waals surface area contributed by atoms with Crippen molar-refractivity contribution in [3.63, 3.8) is 0 Å². The number of hydrogen-bond acceptors (Lipinski definition) is 3. The van der Waals surface area contributed by atoms with Gasteiger partial charge in [-0.1, -0.05) is 0 Å². The molecule has 0 radical (unpaired) electrons. The molecule has 0 fully saturated rings. The van der Waals surface area contributed by atoms with Gasteiger partial charge in [0.15, 0.2) is 0 Å². The van der Waals surface area contributed by atoms with Gasteiger partial charge >= 0.3 is 0 Å². The Balaban J connectivity index is 2.57. The van der Waals surface area contributed by atoms with Gasteiger partial charge < -0.3 is 10.6 Å². The minimum Gasteiger partial charge on any atom is -0.365 e. The second-order valence-electron chi connectivity index (χ2n) is 4.48. The third-order valence-electron chi connectivity index (χ3n) is 3.02. The van der Waals surface area contributed by atoms with Crippen LogP contribution in [0.2, 0.25) is 0 Å². The van der Waals surface area contributed by atoms with Crippen LogP contribution in [0.3, 0.4) is 0 Å². The van der Waals surface area contributed by atoms with Crippen molar-refractivity contribution in [1.82, 2.24) is 4.90 Å². The third-order valence-corrected chi connectivity index (χ3v) is 4.32. The maximum atomic E-state index is 12.1.